The molecule has 10 heteroatoms. The number of esters is 1. The van der Waals surface area contributed by atoms with Gasteiger partial charge in [-0.3, -0.25) is 4.79 Å². The second-order valence-corrected chi connectivity index (χ2v) is 14.1. The Balaban J connectivity index is 1.34. The van der Waals surface area contributed by atoms with Crippen LogP contribution in [0.4, 0.5) is 4.79 Å². The lowest BCUT2D eigenvalue weighted by molar-refractivity contribution is -0.164. The number of alkyl carbamates (subject to hydrolysis) is 1. The normalized spacial score (nSPS) is 25.1. The van der Waals surface area contributed by atoms with Gasteiger partial charge in [0, 0.05) is 19.5 Å². The first-order chi connectivity index (χ1) is 19.2. The van der Waals surface area contributed by atoms with Gasteiger partial charge >= 0.3 is 12.1 Å². The minimum Gasteiger partial charge on any atom is -0.458 e. The summed E-state index contributed by atoms with van der Waals surface area (Å²) in [4.78, 5) is 50.4. The van der Waals surface area contributed by atoms with Gasteiger partial charge in [-0.25, -0.2) is 9.59 Å². The quantitative estimate of drug-likeness (QED) is 0.533. The fourth-order valence-corrected chi connectivity index (χ4v) is 6.27. The zero-order chi connectivity index (χ0) is 29.6. The number of likely N-dealkylation sites (tertiary alicyclic amines) is 1. The highest BCUT2D eigenvalue weighted by Crippen LogP contribution is 2.41. The molecular formula is C31H44N4O6. The molecule has 3 aliphatic heterocycles. The van der Waals surface area contributed by atoms with E-state index < -0.39 is 40.8 Å². The first-order valence-corrected chi connectivity index (χ1v) is 14.8. The van der Waals surface area contributed by atoms with Crippen LogP contribution in [0.1, 0.15) is 91.2 Å². The van der Waals surface area contributed by atoms with Crippen molar-refractivity contribution in [1.29, 1.82) is 0 Å². The van der Waals surface area contributed by atoms with E-state index in [4.69, 9.17) is 14.3 Å². The molecule has 1 saturated heterocycles. The lowest BCUT2D eigenvalue weighted by atomic mass is 9.85. The average molecular weight is 569 g/mol. The molecule has 0 aromatic heterocycles. The Kier molecular flexibility index (Phi) is 7.72. The van der Waals surface area contributed by atoms with Crippen molar-refractivity contribution in [1.82, 2.24) is 15.1 Å². The Morgan fingerprint density at radius 1 is 1.05 bits per heavy atom. The number of amides is 2. The molecule has 1 aliphatic carbocycles. The van der Waals surface area contributed by atoms with Gasteiger partial charge in [0.2, 0.25) is 5.91 Å². The van der Waals surface area contributed by atoms with E-state index in [1.165, 1.54) is 16.0 Å². The van der Waals surface area contributed by atoms with E-state index in [2.05, 4.69) is 27.5 Å². The molecule has 0 radical (unpaired) electrons. The van der Waals surface area contributed by atoms with Crippen LogP contribution in [0.2, 0.25) is 0 Å². The zero-order valence-corrected chi connectivity index (χ0v) is 25.2. The summed E-state index contributed by atoms with van der Waals surface area (Å²) >= 11 is 0. The largest absolute Gasteiger partial charge is 0.458 e. The molecule has 1 aromatic carbocycles. The molecule has 224 valence electrons. The van der Waals surface area contributed by atoms with Crippen molar-refractivity contribution in [3.63, 3.8) is 0 Å². The fourth-order valence-electron chi connectivity index (χ4n) is 6.27. The lowest BCUT2D eigenvalue weighted by Gasteiger charge is -2.35. The van der Waals surface area contributed by atoms with Crippen molar-refractivity contribution < 1.29 is 28.7 Å². The van der Waals surface area contributed by atoms with E-state index in [1.54, 1.807) is 20.8 Å². The Morgan fingerprint density at radius 2 is 1.68 bits per heavy atom. The van der Waals surface area contributed by atoms with Gasteiger partial charge in [-0.1, -0.05) is 50.2 Å². The molecule has 4 aliphatic rings. The van der Waals surface area contributed by atoms with Crippen molar-refractivity contribution in [3.05, 3.63) is 35.4 Å². The second kappa shape index (κ2) is 10.8. The SMILES string of the molecule is CC(C)(C)OC(=O)C1C[C@]2(CC(N3Cc4ccccc4C3)=NO2)CN1C(=O)C(NC(=O)OC1CCCC1)C(C)(C)C. The van der Waals surface area contributed by atoms with Crippen LogP contribution in [0, 0.1) is 5.41 Å². The Hall–Kier alpha value is -3.30. The average Bonchev–Trinajstić information content (AvgIpc) is 3.67. The number of fused-ring (bicyclic) bond motifs is 1. The van der Waals surface area contributed by atoms with Crippen LogP contribution in [0.15, 0.2) is 29.4 Å². The van der Waals surface area contributed by atoms with E-state index in [1.807, 2.05) is 32.9 Å². The van der Waals surface area contributed by atoms with Gasteiger partial charge in [0.15, 0.2) is 5.60 Å². The van der Waals surface area contributed by atoms with Crippen molar-refractivity contribution in [2.75, 3.05) is 6.54 Å². The minimum atomic E-state index is -0.911. The molecule has 5 rings (SSSR count). The maximum atomic E-state index is 14.2. The highest BCUT2D eigenvalue weighted by molar-refractivity contribution is 5.92. The summed E-state index contributed by atoms with van der Waals surface area (Å²) in [6, 6.07) is 6.52. The second-order valence-electron chi connectivity index (χ2n) is 14.1. The number of benzene rings is 1. The van der Waals surface area contributed by atoms with E-state index >= 15 is 0 Å². The van der Waals surface area contributed by atoms with Crippen LogP contribution in [0.5, 0.6) is 0 Å². The van der Waals surface area contributed by atoms with Crippen LogP contribution in [0.25, 0.3) is 0 Å². The van der Waals surface area contributed by atoms with Crippen LogP contribution in [-0.2, 0) is 37.0 Å². The summed E-state index contributed by atoms with van der Waals surface area (Å²) in [7, 11) is 0. The topological polar surface area (TPSA) is 110 Å². The zero-order valence-electron chi connectivity index (χ0n) is 25.2. The molecule has 1 aromatic rings. The van der Waals surface area contributed by atoms with E-state index in [9.17, 15) is 14.4 Å². The predicted octanol–water partition coefficient (Wildman–Crippen LogP) is 4.50. The molecule has 41 heavy (non-hydrogen) atoms. The van der Waals surface area contributed by atoms with Gasteiger partial charge in [0.05, 0.1) is 13.0 Å². The van der Waals surface area contributed by atoms with E-state index in [0.717, 1.165) is 44.6 Å². The van der Waals surface area contributed by atoms with Crippen LogP contribution < -0.4 is 5.32 Å². The summed E-state index contributed by atoms with van der Waals surface area (Å²) in [6.07, 6.45) is 3.71. The highest BCUT2D eigenvalue weighted by atomic mass is 16.7. The van der Waals surface area contributed by atoms with E-state index in [-0.39, 0.29) is 25.0 Å². The number of hydrogen-bond donors (Lipinski definition) is 1. The molecular weight excluding hydrogens is 524 g/mol. The van der Waals surface area contributed by atoms with Crippen molar-refractivity contribution in [2.24, 2.45) is 10.6 Å². The molecule has 3 atom stereocenters. The maximum Gasteiger partial charge on any atom is 0.408 e. The Morgan fingerprint density at radius 3 is 2.27 bits per heavy atom. The summed E-state index contributed by atoms with van der Waals surface area (Å²) in [5.74, 6) is -0.0437. The number of rotatable bonds is 4. The third-order valence-electron chi connectivity index (χ3n) is 8.34. The standard InChI is InChI=1S/C31H44N4O6/c1-29(2,3)25(32-28(38)39-22-13-9-10-14-22)26(36)35-19-31(15-23(35)27(37)40-30(4,5)6)16-24(33-41-31)34-17-20-11-7-8-12-21(20)18-34/h7-8,11-12,22-23,25H,9-10,13-19H2,1-6H3,(H,32,38)/t23?,25?,31-/m0/s1. The Bertz CT molecular complexity index is 1190. The number of amidine groups is 1. The smallest absolute Gasteiger partial charge is 0.408 e. The first kappa shape index (κ1) is 29.2. The third kappa shape index (κ3) is 6.46. The first-order valence-electron chi connectivity index (χ1n) is 14.8. The molecule has 1 N–H and O–H groups in total. The van der Waals surface area contributed by atoms with Crippen LogP contribution in [-0.4, -0.2) is 69.5 Å². The fraction of sp³-hybridized carbons (Fsp3) is 0.677. The number of carbonyl (C=O) groups is 3. The van der Waals surface area contributed by atoms with Crippen molar-refractivity contribution in [3.8, 4) is 0 Å². The molecule has 2 unspecified atom stereocenters. The summed E-state index contributed by atoms with van der Waals surface area (Å²) in [6.45, 7) is 12.7. The van der Waals surface area contributed by atoms with Crippen molar-refractivity contribution in [2.45, 2.75) is 123 Å². The van der Waals surface area contributed by atoms with Gasteiger partial charge in [-0.2, -0.15) is 0 Å². The lowest BCUT2D eigenvalue weighted by Crippen LogP contribution is -2.57. The number of nitrogens with one attached hydrogen (secondary N) is 1. The van der Waals surface area contributed by atoms with Gasteiger partial charge in [-0.15, -0.1) is 0 Å². The Labute approximate surface area is 242 Å². The van der Waals surface area contributed by atoms with Crippen LogP contribution in [0.3, 0.4) is 0 Å². The molecule has 10 nitrogen and oxygen atoms in total. The summed E-state index contributed by atoms with van der Waals surface area (Å²) in [5.41, 5.74) is 0.297. The number of oxime groups is 1. The molecule has 2 fully saturated rings. The van der Waals surface area contributed by atoms with Gasteiger partial charge in [0.1, 0.15) is 29.6 Å². The summed E-state index contributed by atoms with van der Waals surface area (Å²) < 4.78 is 11.4. The number of carbonyl (C=O) groups excluding carboxylic acids is 3. The third-order valence-corrected chi connectivity index (χ3v) is 8.34. The number of hydrogen-bond acceptors (Lipinski definition) is 8. The summed E-state index contributed by atoms with van der Waals surface area (Å²) in [5, 5.41) is 7.29. The maximum absolute atomic E-state index is 14.2. The van der Waals surface area contributed by atoms with Gasteiger partial charge in [0.25, 0.3) is 0 Å². The van der Waals surface area contributed by atoms with E-state index in [0.29, 0.717) is 6.42 Å². The monoisotopic (exact) mass is 568 g/mol. The minimum absolute atomic E-state index is 0.130. The highest BCUT2D eigenvalue weighted by Gasteiger charge is 2.57. The molecule has 3 heterocycles. The van der Waals surface area contributed by atoms with Gasteiger partial charge < -0.3 is 29.4 Å². The van der Waals surface area contributed by atoms with Crippen molar-refractivity contribution >= 4 is 23.8 Å². The predicted molar refractivity (Wildman–Crippen MR) is 153 cm³/mol. The number of ether oxygens (including phenoxy) is 2. The molecule has 2 amide bonds. The van der Waals surface area contributed by atoms with Gasteiger partial charge in [-0.05, 0) is 63.0 Å². The van der Waals surface area contributed by atoms with Crippen LogP contribution >= 0.6 is 0 Å². The number of nitrogens with zero attached hydrogens (tertiary/aromatic N) is 3. The molecule has 1 spiro atoms. The molecule has 0 bridgehead atoms. The molecule has 1 saturated carbocycles.